The van der Waals surface area contributed by atoms with E-state index in [1.165, 1.54) is 22.3 Å². The van der Waals surface area contributed by atoms with Crippen LogP contribution < -0.4 is 5.32 Å². The Balaban J connectivity index is 1.36. The molecular weight excluding hydrogens is 951 g/mol. The summed E-state index contributed by atoms with van der Waals surface area (Å²) in [4.78, 5) is 27.3. The summed E-state index contributed by atoms with van der Waals surface area (Å²) in [5.41, 5.74) is 21.7. The molecule has 0 radical (unpaired) electrons. The van der Waals surface area contributed by atoms with Crippen LogP contribution in [0.4, 0.5) is 5.69 Å². The Morgan fingerprint density at radius 2 is 0.603 bits per heavy atom. The molecule has 1 N–H and O–H groups in total. The number of amides is 1. The largest absolute Gasteiger partial charge is 0.459 e. The van der Waals surface area contributed by atoms with Crippen molar-refractivity contribution in [2.75, 3.05) is 11.9 Å². The van der Waals surface area contributed by atoms with E-state index >= 15 is 0 Å². The van der Waals surface area contributed by atoms with Crippen LogP contribution in [0.5, 0.6) is 0 Å². The van der Waals surface area contributed by atoms with E-state index in [0.29, 0.717) is 5.69 Å². The monoisotopic (exact) mass is 1030 g/mol. The molecule has 0 fully saturated rings. The molecular formula is C74H75NO3. The average Bonchev–Trinajstić information content (AvgIpc) is 3.51. The van der Waals surface area contributed by atoms with Crippen LogP contribution in [0.1, 0.15) is 112 Å². The van der Waals surface area contributed by atoms with E-state index in [0.717, 1.165) is 89.0 Å². The molecule has 0 spiro atoms. The maximum absolute atomic E-state index is 14.0. The summed E-state index contributed by atoms with van der Waals surface area (Å²) < 4.78 is 5.30. The molecule has 0 atom stereocenters. The van der Waals surface area contributed by atoms with Gasteiger partial charge >= 0.3 is 11.9 Å². The molecule has 4 heteroatoms. The molecule has 9 aromatic rings. The first-order valence-corrected chi connectivity index (χ1v) is 27.5. The second kappa shape index (κ2) is 21.7. The Hall–Kier alpha value is -8.08. The first kappa shape index (κ1) is 54.7. The molecule has 394 valence electrons. The van der Waals surface area contributed by atoms with Crippen molar-refractivity contribution in [1.29, 1.82) is 0 Å². The molecule has 0 aliphatic heterocycles. The van der Waals surface area contributed by atoms with Gasteiger partial charge in [-0.3, -0.25) is 4.79 Å². The Bertz CT molecular complexity index is 3380. The Labute approximate surface area is 464 Å². The van der Waals surface area contributed by atoms with Crippen LogP contribution in [-0.4, -0.2) is 18.5 Å². The van der Waals surface area contributed by atoms with Crippen LogP contribution >= 0.6 is 0 Å². The molecule has 9 aromatic carbocycles. The van der Waals surface area contributed by atoms with E-state index in [2.05, 4.69) is 289 Å². The van der Waals surface area contributed by atoms with Crippen LogP contribution in [0.3, 0.4) is 0 Å². The smallest absolute Gasteiger partial charge is 0.397 e. The van der Waals surface area contributed by atoms with Crippen LogP contribution in [0.15, 0.2) is 200 Å². The summed E-state index contributed by atoms with van der Waals surface area (Å²) in [6, 6.07) is 72.7. The van der Waals surface area contributed by atoms with Gasteiger partial charge < -0.3 is 10.1 Å². The molecule has 0 unspecified atom stereocenters. The third-order valence-corrected chi connectivity index (χ3v) is 15.1. The Kier molecular flexibility index (Phi) is 15.2. The third-order valence-electron chi connectivity index (χ3n) is 15.1. The van der Waals surface area contributed by atoms with E-state index in [1.807, 2.05) is 0 Å². The van der Waals surface area contributed by atoms with Gasteiger partial charge in [-0.25, -0.2) is 4.79 Å². The summed E-state index contributed by atoms with van der Waals surface area (Å²) in [7, 11) is 0. The lowest BCUT2D eigenvalue weighted by Gasteiger charge is -2.24. The van der Waals surface area contributed by atoms with Gasteiger partial charge in [-0.2, -0.15) is 0 Å². The van der Waals surface area contributed by atoms with Gasteiger partial charge in [0.25, 0.3) is 0 Å². The fourth-order valence-corrected chi connectivity index (χ4v) is 10.3. The molecule has 0 saturated carbocycles. The van der Waals surface area contributed by atoms with Crippen LogP contribution in [0.25, 0.3) is 89.0 Å². The highest BCUT2D eigenvalue weighted by atomic mass is 16.5. The highest BCUT2D eigenvalue weighted by molar-refractivity contribution is 6.38. The average molecular weight is 1030 g/mol. The zero-order valence-electron chi connectivity index (χ0n) is 48.0. The summed E-state index contributed by atoms with van der Waals surface area (Å²) in [6.07, 6.45) is 0. The fourth-order valence-electron chi connectivity index (χ4n) is 10.3. The number of hydrogen-bond donors (Lipinski definition) is 1. The first-order chi connectivity index (χ1) is 37.0. The number of benzene rings is 9. The number of carbonyl (C=O) groups is 2. The van der Waals surface area contributed by atoms with Gasteiger partial charge in [0.05, 0.1) is 12.3 Å². The first-order valence-electron chi connectivity index (χ1n) is 27.5. The van der Waals surface area contributed by atoms with Crippen molar-refractivity contribution in [2.45, 2.75) is 112 Å². The number of hydrogen-bond acceptors (Lipinski definition) is 3. The normalized spacial score (nSPS) is 12.1. The van der Waals surface area contributed by atoms with E-state index in [1.54, 1.807) is 6.92 Å². The highest BCUT2D eigenvalue weighted by Gasteiger charge is 2.26. The van der Waals surface area contributed by atoms with Crippen molar-refractivity contribution in [3.63, 3.8) is 0 Å². The van der Waals surface area contributed by atoms with Gasteiger partial charge in [0.2, 0.25) is 0 Å². The van der Waals surface area contributed by atoms with Crippen LogP contribution in [-0.2, 0) is 36.0 Å². The predicted molar refractivity (Wildman–Crippen MR) is 330 cm³/mol. The van der Waals surface area contributed by atoms with Gasteiger partial charge in [-0.1, -0.05) is 259 Å². The summed E-state index contributed by atoms with van der Waals surface area (Å²) >= 11 is 0. The number of carbonyl (C=O) groups excluding carboxylic acids is 2. The highest BCUT2D eigenvalue weighted by Crippen LogP contribution is 2.49. The minimum atomic E-state index is -0.937. The molecule has 4 nitrogen and oxygen atoms in total. The van der Waals surface area contributed by atoms with Gasteiger partial charge in [0.1, 0.15) is 0 Å². The lowest BCUT2D eigenvalue weighted by molar-refractivity contribution is -0.152. The molecule has 0 aliphatic carbocycles. The van der Waals surface area contributed by atoms with Crippen molar-refractivity contribution in [3.05, 3.63) is 222 Å². The number of nitrogens with one attached hydrogen (secondary N) is 1. The Morgan fingerprint density at radius 3 is 0.923 bits per heavy atom. The van der Waals surface area contributed by atoms with Crippen LogP contribution in [0.2, 0.25) is 0 Å². The van der Waals surface area contributed by atoms with E-state index in [4.69, 9.17) is 4.74 Å². The molecule has 0 heterocycles. The maximum atomic E-state index is 14.0. The van der Waals surface area contributed by atoms with Crippen molar-refractivity contribution < 1.29 is 14.3 Å². The van der Waals surface area contributed by atoms with Gasteiger partial charge in [-0.15, -0.1) is 0 Å². The summed E-state index contributed by atoms with van der Waals surface area (Å²) in [6.45, 7) is 28.5. The van der Waals surface area contributed by atoms with E-state index in [-0.39, 0.29) is 28.3 Å². The van der Waals surface area contributed by atoms with Gasteiger partial charge in [0, 0.05) is 11.1 Å². The molecule has 9 rings (SSSR count). The van der Waals surface area contributed by atoms with Crippen molar-refractivity contribution >= 4 is 17.6 Å². The fraction of sp³-hybridized carbons (Fsp3) is 0.243. The molecule has 0 aliphatic rings. The second-order valence-electron chi connectivity index (χ2n) is 24.9. The van der Waals surface area contributed by atoms with E-state index in [9.17, 15) is 9.59 Å². The minimum absolute atomic E-state index is 0.0501. The van der Waals surface area contributed by atoms with Crippen molar-refractivity contribution in [2.24, 2.45) is 0 Å². The van der Waals surface area contributed by atoms with Crippen molar-refractivity contribution in [3.8, 4) is 89.0 Å². The number of esters is 1. The third kappa shape index (κ3) is 12.0. The molecule has 1 amide bonds. The topological polar surface area (TPSA) is 55.4 Å². The summed E-state index contributed by atoms with van der Waals surface area (Å²) in [5, 5.41) is 3.11. The zero-order valence-corrected chi connectivity index (χ0v) is 48.0. The number of anilines is 1. The molecule has 0 bridgehead atoms. The van der Waals surface area contributed by atoms with Crippen LogP contribution in [0, 0.1) is 0 Å². The maximum Gasteiger partial charge on any atom is 0.397 e. The lowest BCUT2D eigenvalue weighted by atomic mass is 9.81. The molecule has 0 saturated heterocycles. The molecule has 0 aromatic heterocycles. The van der Waals surface area contributed by atoms with E-state index < -0.39 is 11.9 Å². The van der Waals surface area contributed by atoms with Gasteiger partial charge in [0.15, 0.2) is 0 Å². The second-order valence-corrected chi connectivity index (χ2v) is 24.9. The summed E-state index contributed by atoms with van der Waals surface area (Å²) in [5.74, 6) is -1.77. The SMILES string of the molecule is CCOC(=O)C(=O)Nc1c(-c2ccc(C(C)(C)C)cc2)cc(-c2c(-c3ccc(-c4ccc(C(C)(C)C)cc4)cc3)cc(-c3ccccc3)cc2-c2ccc(-c3ccc(C(C)(C)C)cc3)cc2)cc1-c1ccc(C(C)(C)C)cc1. The zero-order chi connectivity index (χ0) is 55.7. The predicted octanol–water partition coefficient (Wildman–Crippen LogP) is 19.7. The standard InChI is InChI=1S/C74H75NO3/c1-14-78-70(77)69(76)75-68-65(55-32-40-61(41-33-55)73(8,9)10)46-58(47-66(68)56-34-42-62(43-35-56)74(11,12)13)67-63(53-24-20-49(21-25-53)51-28-36-59(37-29-51)71(2,3)4)44-57(48-18-16-15-17-19-48)45-64(67)54-26-22-50(23-27-54)52-30-38-60(39-31-52)72(5,6)7/h15-47H,14H2,1-13H3,(H,75,76). The Morgan fingerprint density at radius 1 is 0.333 bits per heavy atom. The van der Waals surface area contributed by atoms with Gasteiger partial charge in [-0.05, 0) is 153 Å². The lowest BCUT2D eigenvalue weighted by Crippen LogP contribution is -2.25. The number of rotatable bonds is 10. The minimum Gasteiger partial charge on any atom is -0.459 e. The quantitative estimate of drug-likeness (QED) is 0.110. The van der Waals surface area contributed by atoms with Crippen molar-refractivity contribution in [1.82, 2.24) is 0 Å². The number of ether oxygens (including phenoxy) is 1. The molecule has 78 heavy (non-hydrogen) atoms.